The Bertz CT molecular complexity index is 517. The van der Waals surface area contributed by atoms with Gasteiger partial charge in [0, 0.05) is 24.0 Å². The Morgan fingerprint density at radius 2 is 1.95 bits per heavy atom. The van der Waals surface area contributed by atoms with Gasteiger partial charge in [-0.1, -0.05) is 38.3 Å². The SMILES string of the molecule is C=C/C(CC)=C(C)\C=C/CC(=C/N=C)/C(CCN)=N/C(=C)C. The van der Waals surface area contributed by atoms with E-state index in [1.807, 2.05) is 13.0 Å². The van der Waals surface area contributed by atoms with Gasteiger partial charge in [0.25, 0.3) is 0 Å². The van der Waals surface area contributed by atoms with E-state index in [2.05, 4.69) is 55.9 Å². The van der Waals surface area contributed by atoms with Gasteiger partial charge in [0.1, 0.15) is 0 Å². The molecule has 0 aliphatic rings. The third kappa shape index (κ3) is 7.70. The molecule has 120 valence electrons. The van der Waals surface area contributed by atoms with Gasteiger partial charge in [-0.15, -0.1) is 0 Å². The Morgan fingerprint density at radius 3 is 2.41 bits per heavy atom. The molecule has 3 nitrogen and oxygen atoms in total. The summed E-state index contributed by atoms with van der Waals surface area (Å²) in [6.07, 6.45) is 10.3. The van der Waals surface area contributed by atoms with E-state index in [1.54, 1.807) is 6.20 Å². The largest absolute Gasteiger partial charge is 0.330 e. The van der Waals surface area contributed by atoms with Crippen LogP contribution in [-0.4, -0.2) is 19.0 Å². The molecule has 0 aromatic carbocycles. The number of hydrogen-bond acceptors (Lipinski definition) is 3. The Hall–Kier alpha value is -2.00. The van der Waals surface area contributed by atoms with Crippen LogP contribution in [0.25, 0.3) is 0 Å². The van der Waals surface area contributed by atoms with E-state index >= 15 is 0 Å². The van der Waals surface area contributed by atoms with Gasteiger partial charge >= 0.3 is 0 Å². The van der Waals surface area contributed by atoms with Crippen molar-refractivity contribution >= 4 is 12.4 Å². The number of aliphatic imine (C=N–C) groups is 2. The van der Waals surface area contributed by atoms with Crippen LogP contribution in [0.15, 0.2) is 70.0 Å². The third-order valence-corrected chi connectivity index (χ3v) is 3.16. The van der Waals surface area contributed by atoms with Gasteiger partial charge in [-0.05, 0) is 56.7 Å². The van der Waals surface area contributed by atoms with E-state index in [9.17, 15) is 0 Å². The molecule has 0 spiro atoms. The van der Waals surface area contributed by atoms with Crippen molar-refractivity contribution in [1.82, 2.24) is 0 Å². The fourth-order valence-corrected chi connectivity index (χ4v) is 2.06. The monoisotopic (exact) mass is 299 g/mol. The van der Waals surface area contributed by atoms with Gasteiger partial charge in [-0.25, -0.2) is 0 Å². The highest BCUT2D eigenvalue weighted by atomic mass is 14.8. The molecule has 0 heterocycles. The predicted molar refractivity (Wildman–Crippen MR) is 100 cm³/mol. The summed E-state index contributed by atoms with van der Waals surface area (Å²) in [6.45, 7) is 17.8. The molecular weight excluding hydrogens is 270 g/mol. The zero-order chi connectivity index (χ0) is 17.0. The van der Waals surface area contributed by atoms with E-state index in [1.165, 1.54) is 11.1 Å². The normalized spacial score (nSPS) is 14.0. The molecule has 0 aliphatic carbocycles. The second kappa shape index (κ2) is 11.6. The van der Waals surface area contributed by atoms with E-state index in [4.69, 9.17) is 5.73 Å². The number of allylic oxidation sites excluding steroid dienone is 7. The van der Waals surface area contributed by atoms with E-state index in [-0.39, 0.29) is 0 Å². The van der Waals surface area contributed by atoms with Crippen LogP contribution < -0.4 is 5.73 Å². The summed E-state index contributed by atoms with van der Waals surface area (Å²) in [5.74, 6) is 0. The van der Waals surface area contributed by atoms with Crippen LogP contribution in [0.1, 0.15) is 40.0 Å². The average molecular weight is 299 g/mol. The van der Waals surface area contributed by atoms with Crippen molar-refractivity contribution in [2.45, 2.75) is 40.0 Å². The first-order valence-electron chi connectivity index (χ1n) is 7.57. The Kier molecular flexibility index (Phi) is 10.6. The smallest absolute Gasteiger partial charge is 0.0469 e. The summed E-state index contributed by atoms with van der Waals surface area (Å²) >= 11 is 0. The summed E-state index contributed by atoms with van der Waals surface area (Å²) in [6, 6.07) is 0. The average Bonchev–Trinajstić information content (AvgIpc) is 2.46. The summed E-state index contributed by atoms with van der Waals surface area (Å²) in [5, 5.41) is 0. The second-order valence-electron chi connectivity index (χ2n) is 5.04. The molecule has 0 bridgehead atoms. The molecule has 0 aromatic heterocycles. The highest BCUT2D eigenvalue weighted by Crippen LogP contribution is 2.14. The molecule has 3 heteroatoms. The fourth-order valence-electron chi connectivity index (χ4n) is 2.06. The predicted octanol–water partition coefficient (Wildman–Crippen LogP) is 4.75. The number of hydrogen-bond donors (Lipinski definition) is 1. The first-order chi connectivity index (χ1) is 10.5. The number of nitrogens with zero attached hydrogens (tertiary/aromatic N) is 2. The third-order valence-electron chi connectivity index (χ3n) is 3.16. The Balaban J connectivity index is 5.26. The lowest BCUT2D eigenvalue weighted by atomic mass is 10.0. The second-order valence-corrected chi connectivity index (χ2v) is 5.04. The highest BCUT2D eigenvalue weighted by molar-refractivity contribution is 6.01. The maximum absolute atomic E-state index is 5.67. The molecule has 0 saturated carbocycles. The Labute approximate surface area is 135 Å². The minimum atomic E-state index is 0.541. The molecular formula is C19H29N3. The molecule has 0 atom stereocenters. The highest BCUT2D eigenvalue weighted by Gasteiger charge is 2.05. The van der Waals surface area contributed by atoms with Gasteiger partial charge in [-0.3, -0.25) is 9.98 Å². The van der Waals surface area contributed by atoms with Crippen LogP contribution in [0.5, 0.6) is 0 Å². The lowest BCUT2D eigenvalue weighted by Crippen LogP contribution is -2.10. The van der Waals surface area contributed by atoms with Crippen LogP contribution in [0.3, 0.4) is 0 Å². The van der Waals surface area contributed by atoms with E-state index in [0.717, 1.165) is 29.8 Å². The first-order valence-corrected chi connectivity index (χ1v) is 7.57. The minimum absolute atomic E-state index is 0.541. The maximum atomic E-state index is 5.67. The van der Waals surface area contributed by atoms with Crippen molar-refractivity contribution in [3.05, 3.63) is 60.0 Å². The van der Waals surface area contributed by atoms with Crippen LogP contribution in [0.4, 0.5) is 0 Å². The topological polar surface area (TPSA) is 50.7 Å². The van der Waals surface area contributed by atoms with Crippen molar-refractivity contribution in [3.63, 3.8) is 0 Å². The zero-order valence-electron chi connectivity index (χ0n) is 14.2. The molecule has 2 N–H and O–H groups in total. The van der Waals surface area contributed by atoms with Crippen molar-refractivity contribution in [3.8, 4) is 0 Å². The van der Waals surface area contributed by atoms with Gasteiger partial charge in [-0.2, -0.15) is 0 Å². The number of nitrogens with two attached hydrogens (primary N) is 1. The van der Waals surface area contributed by atoms with E-state index < -0.39 is 0 Å². The molecule has 0 radical (unpaired) electrons. The zero-order valence-corrected chi connectivity index (χ0v) is 14.2. The number of rotatable bonds is 10. The van der Waals surface area contributed by atoms with Crippen LogP contribution in [-0.2, 0) is 0 Å². The van der Waals surface area contributed by atoms with Gasteiger partial charge in [0.2, 0.25) is 0 Å². The summed E-state index contributed by atoms with van der Waals surface area (Å²) < 4.78 is 0. The van der Waals surface area contributed by atoms with Gasteiger partial charge in [0.05, 0.1) is 0 Å². The summed E-state index contributed by atoms with van der Waals surface area (Å²) in [4.78, 5) is 8.36. The standard InChI is InChI=1S/C19H29N3/c1-7-17(8-2)16(5)10-9-11-18(14-21-6)19(12-13-20)22-15(3)4/h7,9-10,14H,1,3,6,8,11-13,20H2,2,4-5H3/b10-9-,17-16+,18-14-,22-19+. The molecule has 0 aromatic rings. The summed E-state index contributed by atoms with van der Waals surface area (Å²) in [7, 11) is 0. The van der Waals surface area contributed by atoms with Crippen LogP contribution in [0, 0.1) is 0 Å². The van der Waals surface area contributed by atoms with E-state index in [0.29, 0.717) is 13.0 Å². The van der Waals surface area contributed by atoms with Gasteiger partial charge < -0.3 is 5.73 Å². The fraction of sp³-hybridized carbons (Fsp3) is 0.368. The molecule has 22 heavy (non-hydrogen) atoms. The van der Waals surface area contributed by atoms with Crippen molar-refractivity contribution in [1.29, 1.82) is 0 Å². The first kappa shape index (κ1) is 20.0. The molecule has 0 rings (SSSR count). The quantitative estimate of drug-likeness (QED) is 0.459. The molecule has 0 aliphatic heterocycles. The van der Waals surface area contributed by atoms with Crippen LogP contribution >= 0.6 is 0 Å². The molecule has 0 saturated heterocycles. The van der Waals surface area contributed by atoms with Crippen molar-refractivity contribution in [2.75, 3.05) is 6.54 Å². The van der Waals surface area contributed by atoms with Gasteiger partial charge in [0.15, 0.2) is 0 Å². The van der Waals surface area contributed by atoms with Crippen molar-refractivity contribution in [2.24, 2.45) is 15.7 Å². The van der Waals surface area contributed by atoms with Crippen LogP contribution in [0.2, 0.25) is 0 Å². The Morgan fingerprint density at radius 1 is 1.27 bits per heavy atom. The maximum Gasteiger partial charge on any atom is 0.0469 e. The lowest BCUT2D eigenvalue weighted by Gasteiger charge is -2.08. The molecule has 0 unspecified atom stereocenters. The minimum Gasteiger partial charge on any atom is -0.330 e. The summed E-state index contributed by atoms with van der Waals surface area (Å²) in [5.41, 5.74) is 10.8. The molecule has 0 fully saturated rings. The molecule has 0 amide bonds. The lowest BCUT2D eigenvalue weighted by molar-refractivity contribution is 1.02. The van der Waals surface area contributed by atoms with Crippen molar-refractivity contribution < 1.29 is 0 Å².